The molecule has 1 N–H and O–H groups in total. The van der Waals surface area contributed by atoms with Crippen LogP contribution in [-0.2, 0) is 0 Å². The summed E-state index contributed by atoms with van der Waals surface area (Å²) in [5, 5.41) is 8.83. The molecule has 0 amide bonds. The van der Waals surface area contributed by atoms with E-state index >= 15 is 0 Å². The third-order valence-electron chi connectivity index (χ3n) is 3.45. The fourth-order valence-corrected chi connectivity index (χ4v) is 3.03. The van der Waals surface area contributed by atoms with Crippen molar-refractivity contribution < 1.29 is 5.11 Å². The van der Waals surface area contributed by atoms with Crippen molar-refractivity contribution in [3.05, 3.63) is 34.3 Å². The molecule has 1 fully saturated rings. The molecule has 1 aliphatic rings. The van der Waals surface area contributed by atoms with E-state index in [1.165, 1.54) is 24.9 Å². The van der Waals surface area contributed by atoms with Gasteiger partial charge < -0.3 is 5.11 Å². The zero-order valence-electron chi connectivity index (χ0n) is 10.1. The Morgan fingerprint density at radius 1 is 1.35 bits per heavy atom. The number of hydrogen-bond donors (Lipinski definition) is 1. The van der Waals surface area contributed by atoms with Crippen LogP contribution in [0.15, 0.2) is 28.7 Å². The Hall–Kier alpha value is -0.380. The molecule has 0 bridgehead atoms. The molecule has 1 atom stereocenters. The molecule has 0 spiro atoms. The average molecular weight is 298 g/mol. The molecule has 3 heteroatoms. The first-order chi connectivity index (χ1) is 8.31. The van der Waals surface area contributed by atoms with Gasteiger partial charge in [0.05, 0.1) is 0 Å². The number of halogens is 1. The SMILES string of the molecule is OCCCCN1CCCC1c1cccc(Br)c1. The molecular weight excluding hydrogens is 278 g/mol. The molecule has 0 aliphatic carbocycles. The summed E-state index contributed by atoms with van der Waals surface area (Å²) in [6.07, 6.45) is 4.56. The number of unbranched alkanes of at least 4 members (excludes halogenated alkanes) is 1. The monoisotopic (exact) mass is 297 g/mol. The summed E-state index contributed by atoms with van der Waals surface area (Å²) in [6.45, 7) is 2.62. The van der Waals surface area contributed by atoms with Crippen molar-refractivity contribution in [3.8, 4) is 0 Å². The smallest absolute Gasteiger partial charge is 0.0431 e. The highest BCUT2D eigenvalue weighted by atomic mass is 79.9. The van der Waals surface area contributed by atoms with Crippen LogP contribution >= 0.6 is 15.9 Å². The topological polar surface area (TPSA) is 23.5 Å². The van der Waals surface area contributed by atoms with E-state index in [9.17, 15) is 0 Å². The maximum absolute atomic E-state index is 8.83. The molecule has 17 heavy (non-hydrogen) atoms. The van der Waals surface area contributed by atoms with Crippen molar-refractivity contribution in [2.24, 2.45) is 0 Å². The van der Waals surface area contributed by atoms with Crippen molar-refractivity contribution in [2.75, 3.05) is 19.7 Å². The van der Waals surface area contributed by atoms with Gasteiger partial charge in [-0.05, 0) is 56.5 Å². The first-order valence-corrected chi connectivity index (χ1v) is 7.21. The van der Waals surface area contributed by atoms with Crippen LogP contribution in [0.2, 0.25) is 0 Å². The van der Waals surface area contributed by atoms with Gasteiger partial charge in [0, 0.05) is 17.1 Å². The van der Waals surface area contributed by atoms with Crippen molar-refractivity contribution in [2.45, 2.75) is 31.7 Å². The maximum atomic E-state index is 8.83. The van der Waals surface area contributed by atoms with Crippen molar-refractivity contribution >= 4 is 15.9 Å². The first-order valence-electron chi connectivity index (χ1n) is 6.41. The molecule has 2 rings (SSSR count). The van der Waals surface area contributed by atoms with Crippen LogP contribution in [0.1, 0.15) is 37.3 Å². The molecule has 1 aliphatic heterocycles. The molecule has 1 saturated heterocycles. The molecule has 1 aromatic carbocycles. The van der Waals surface area contributed by atoms with Gasteiger partial charge in [-0.25, -0.2) is 0 Å². The number of rotatable bonds is 5. The second kappa shape index (κ2) is 6.53. The van der Waals surface area contributed by atoms with Gasteiger partial charge in [0.15, 0.2) is 0 Å². The van der Waals surface area contributed by atoms with Gasteiger partial charge in [-0.15, -0.1) is 0 Å². The molecule has 1 aromatic rings. The summed E-state index contributed by atoms with van der Waals surface area (Å²) in [6, 6.07) is 9.22. The van der Waals surface area contributed by atoms with E-state index in [4.69, 9.17) is 5.11 Å². The number of likely N-dealkylation sites (tertiary alicyclic amines) is 1. The van der Waals surface area contributed by atoms with Gasteiger partial charge in [0.1, 0.15) is 0 Å². The van der Waals surface area contributed by atoms with Crippen molar-refractivity contribution in [1.82, 2.24) is 4.90 Å². The van der Waals surface area contributed by atoms with Gasteiger partial charge in [-0.1, -0.05) is 28.1 Å². The number of nitrogens with zero attached hydrogens (tertiary/aromatic N) is 1. The molecule has 94 valence electrons. The van der Waals surface area contributed by atoms with Gasteiger partial charge >= 0.3 is 0 Å². The highest BCUT2D eigenvalue weighted by Gasteiger charge is 2.25. The lowest BCUT2D eigenvalue weighted by molar-refractivity contribution is 0.231. The van der Waals surface area contributed by atoms with Crippen LogP contribution < -0.4 is 0 Å². The fourth-order valence-electron chi connectivity index (χ4n) is 2.61. The summed E-state index contributed by atoms with van der Waals surface area (Å²) >= 11 is 3.54. The van der Waals surface area contributed by atoms with Gasteiger partial charge in [0.25, 0.3) is 0 Å². The van der Waals surface area contributed by atoms with Gasteiger partial charge in [-0.3, -0.25) is 4.90 Å². The average Bonchev–Trinajstić information content (AvgIpc) is 2.78. The second-order valence-electron chi connectivity index (χ2n) is 4.68. The van der Waals surface area contributed by atoms with E-state index < -0.39 is 0 Å². The van der Waals surface area contributed by atoms with Gasteiger partial charge in [-0.2, -0.15) is 0 Å². The summed E-state index contributed by atoms with van der Waals surface area (Å²) < 4.78 is 1.16. The predicted octanol–water partition coefficient (Wildman–Crippen LogP) is 3.36. The zero-order valence-corrected chi connectivity index (χ0v) is 11.7. The molecule has 0 aromatic heterocycles. The summed E-state index contributed by atoms with van der Waals surface area (Å²) in [5.41, 5.74) is 1.42. The van der Waals surface area contributed by atoms with Crippen LogP contribution in [0, 0.1) is 0 Å². The first kappa shape index (κ1) is 13.1. The normalized spacial score (nSPS) is 20.9. The lowest BCUT2D eigenvalue weighted by Crippen LogP contribution is -2.24. The Bertz CT molecular complexity index is 356. The van der Waals surface area contributed by atoms with Crippen LogP contribution in [0.25, 0.3) is 0 Å². The Balaban J connectivity index is 1.99. The van der Waals surface area contributed by atoms with E-state index in [1.54, 1.807) is 0 Å². The molecule has 2 nitrogen and oxygen atoms in total. The summed E-state index contributed by atoms with van der Waals surface area (Å²) in [5.74, 6) is 0. The Labute approximate surface area is 112 Å². The Morgan fingerprint density at radius 2 is 2.24 bits per heavy atom. The Kier molecular flexibility index (Phi) is 5.01. The summed E-state index contributed by atoms with van der Waals surface area (Å²) in [4.78, 5) is 2.55. The molecule has 1 heterocycles. The van der Waals surface area contributed by atoms with E-state index in [0.29, 0.717) is 12.6 Å². The minimum absolute atomic E-state index is 0.315. The predicted molar refractivity (Wildman–Crippen MR) is 74.0 cm³/mol. The number of aliphatic hydroxyl groups excluding tert-OH is 1. The van der Waals surface area contributed by atoms with E-state index in [0.717, 1.165) is 23.9 Å². The van der Waals surface area contributed by atoms with Gasteiger partial charge in [0.2, 0.25) is 0 Å². The van der Waals surface area contributed by atoms with E-state index in [2.05, 4.69) is 45.1 Å². The summed E-state index contributed by atoms with van der Waals surface area (Å²) in [7, 11) is 0. The number of benzene rings is 1. The largest absolute Gasteiger partial charge is 0.396 e. The molecule has 0 radical (unpaired) electrons. The zero-order chi connectivity index (χ0) is 12.1. The lowest BCUT2D eigenvalue weighted by Gasteiger charge is -2.24. The van der Waals surface area contributed by atoms with Crippen molar-refractivity contribution in [3.63, 3.8) is 0 Å². The number of aliphatic hydroxyl groups is 1. The Morgan fingerprint density at radius 3 is 3.00 bits per heavy atom. The standard InChI is InChI=1S/C14H20BrNO/c15-13-6-3-5-12(11-13)14-7-4-9-16(14)8-1-2-10-17/h3,5-6,11,14,17H,1-2,4,7-10H2. The minimum Gasteiger partial charge on any atom is -0.396 e. The van der Waals surface area contributed by atoms with E-state index in [-0.39, 0.29) is 0 Å². The highest BCUT2D eigenvalue weighted by Crippen LogP contribution is 2.32. The third-order valence-corrected chi connectivity index (χ3v) is 3.94. The number of hydrogen-bond acceptors (Lipinski definition) is 2. The minimum atomic E-state index is 0.315. The quantitative estimate of drug-likeness (QED) is 0.843. The van der Waals surface area contributed by atoms with Crippen LogP contribution in [-0.4, -0.2) is 29.7 Å². The fraction of sp³-hybridized carbons (Fsp3) is 0.571. The van der Waals surface area contributed by atoms with Crippen LogP contribution in [0.3, 0.4) is 0 Å². The van der Waals surface area contributed by atoms with E-state index in [1.807, 2.05) is 0 Å². The second-order valence-corrected chi connectivity index (χ2v) is 5.60. The maximum Gasteiger partial charge on any atom is 0.0431 e. The molecule has 1 unspecified atom stereocenters. The highest BCUT2D eigenvalue weighted by molar-refractivity contribution is 9.10. The van der Waals surface area contributed by atoms with Crippen LogP contribution in [0.4, 0.5) is 0 Å². The van der Waals surface area contributed by atoms with Crippen molar-refractivity contribution in [1.29, 1.82) is 0 Å². The molecular formula is C14H20BrNO. The molecule has 0 saturated carbocycles. The third kappa shape index (κ3) is 3.54. The lowest BCUT2D eigenvalue weighted by atomic mass is 10.0. The van der Waals surface area contributed by atoms with Crippen LogP contribution in [0.5, 0.6) is 0 Å².